The molecule has 0 unspecified atom stereocenters. The van der Waals surface area contributed by atoms with Crippen LogP contribution in [0.25, 0.3) is 11.3 Å². The highest BCUT2D eigenvalue weighted by Gasteiger charge is 2.23. The molecule has 2 aromatic rings. The van der Waals surface area contributed by atoms with Crippen molar-refractivity contribution in [2.45, 2.75) is 33.1 Å². The van der Waals surface area contributed by atoms with Crippen LogP contribution in [0.1, 0.15) is 32.2 Å². The average molecular weight is 278 g/mol. The van der Waals surface area contributed by atoms with E-state index >= 15 is 0 Å². The first-order chi connectivity index (χ1) is 8.71. The summed E-state index contributed by atoms with van der Waals surface area (Å²) >= 11 is 6.18. The molecule has 19 heavy (non-hydrogen) atoms. The number of halogens is 1. The molecule has 0 amide bonds. The van der Waals surface area contributed by atoms with Crippen molar-refractivity contribution in [3.63, 3.8) is 0 Å². The Kier molecular flexibility index (Phi) is 3.35. The fraction of sp³-hybridized carbons (Fsp3) is 0.400. The van der Waals surface area contributed by atoms with Crippen molar-refractivity contribution in [3.8, 4) is 11.3 Å². The molecule has 102 valence electrons. The van der Waals surface area contributed by atoms with Gasteiger partial charge in [0.25, 0.3) is 0 Å². The van der Waals surface area contributed by atoms with E-state index in [9.17, 15) is 0 Å². The van der Waals surface area contributed by atoms with Crippen LogP contribution in [-0.4, -0.2) is 9.55 Å². The van der Waals surface area contributed by atoms with Crippen LogP contribution < -0.4 is 5.73 Å². The maximum absolute atomic E-state index is 6.18. The van der Waals surface area contributed by atoms with E-state index in [1.807, 2.05) is 36.7 Å². The Balaban J connectivity index is 2.60. The normalized spacial score (nSPS) is 11.9. The molecular formula is C15H20ClN3. The Bertz CT molecular complexity index is 621. The van der Waals surface area contributed by atoms with E-state index in [-0.39, 0.29) is 5.41 Å². The Morgan fingerprint density at radius 1 is 1.26 bits per heavy atom. The third kappa shape index (κ3) is 2.47. The summed E-state index contributed by atoms with van der Waals surface area (Å²) in [5, 5.41) is 0.736. The minimum atomic E-state index is -0.0460. The number of anilines is 1. The summed E-state index contributed by atoms with van der Waals surface area (Å²) in [7, 11) is 1.95. The lowest BCUT2D eigenvalue weighted by molar-refractivity contribution is 0.524. The number of imidazole rings is 1. The van der Waals surface area contributed by atoms with Gasteiger partial charge in [-0.1, -0.05) is 44.5 Å². The van der Waals surface area contributed by atoms with Crippen molar-refractivity contribution in [2.75, 3.05) is 5.73 Å². The smallest absolute Gasteiger partial charge is 0.131 e. The van der Waals surface area contributed by atoms with Gasteiger partial charge in [-0.05, 0) is 18.6 Å². The maximum atomic E-state index is 6.18. The number of aromatic nitrogens is 2. The molecule has 0 atom stereocenters. The highest BCUT2D eigenvalue weighted by molar-refractivity contribution is 6.31. The lowest BCUT2D eigenvalue weighted by Crippen LogP contribution is -2.17. The SMILES string of the molecule is Cc1ccc(-c2nc(C(C)(C)C)n(C)c2N)cc1Cl. The summed E-state index contributed by atoms with van der Waals surface area (Å²) in [6.45, 7) is 8.36. The van der Waals surface area contributed by atoms with Crippen LogP contribution in [0.4, 0.5) is 5.82 Å². The van der Waals surface area contributed by atoms with Crippen molar-refractivity contribution < 1.29 is 0 Å². The number of nitrogen functional groups attached to an aromatic ring is 1. The summed E-state index contributed by atoms with van der Waals surface area (Å²) in [6.07, 6.45) is 0. The second-order valence-electron chi connectivity index (χ2n) is 5.94. The van der Waals surface area contributed by atoms with Crippen molar-refractivity contribution in [2.24, 2.45) is 7.05 Å². The largest absolute Gasteiger partial charge is 0.383 e. The van der Waals surface area contributed by atoms with Crippen LogP contribution in [0.3, 0.4) is 0 Å². The van der Waals surface area contributed by atoms with Gasteiger partial charge in [0.1, 0.15) is 17.3 Å². The number of hydrogen-bond acceptors (Lipinski definition) is 2. The van der Waals surface area contributed by atoms with Crippen molar-refractivity contribution in [1.29, 1.82) is 0 Å². The van der Waals surface area contributed by atoms with Crippen LogP contribution in [0.15, 0.2) is 18.2 Å². The lowest BCUT2D eigenvalue weighted by atomic mass is 9.96. The van der Waals surface area contributed by atoms with Crippen molar-refractivity contribution in [1.82, 2.24) is 9.55 Å². The summed E-state index contributed by atoms with van der Waals surface area (Å²) in [5.74, 6) is 1.64. The van der Waals surface area contributed by atoms with E-state index in [2.05, 4.69) is 20.8 Å². The molecule has 1 aromatic heterocycles. The van der Waals surface area contributed by atoms with Crippen molar-refractivity contribution >= 4 is 17.4 Å². The highest BCUT2D eigenvalue weighted by atomic mass is 35.5. The van der Waals surface area contributed by atoms with Gasteiger partial charge >= 0.3 is 0 Å². The second-order valence-corrected chi connectivity index (χ2v) is 6.35. The first kappa shape index (κ1) is 13.9. The molecule has 0 saturated heterocycles. The van der Waals surface area contributed by atoms with E-state index in [0.717, 1.165) is 27.7 Å². The molecule has 0 radical (unpaired) electrons. The molecule has 0 aliphatic carbocycles. The molecule has 0 spiro atoms. The topological polar surface area (TPSA) is 43.8 Å². The minimum Gasteiger partial charge on any atom is -0.383 e. The summed E-state index contributed by atoms with van der Waals surface area (Å²) in [5.41, 5.74) is 8.94. The molecule has 0 aliphatic rings. The van der Waals surface area contributed by atoms with Crippen LogP contribution in [0.2, 0.25) is 5.02 Å². The van der Waals surface area contributed by atoms with Gasteiger partial charge in [0, 0.05) is 23.0 Å². The predicted molar refractivity (Wildman–Crippen MR) is 81.5 cm³/mol. The molecule has 3 nitrogen and oxygen atoms in total. The highest BCUT2D eigenvalue weighted by Crippen LogP contribution is 2.32. The number of hydrogen-bond donors (Lipinski definition) is 1. The zero-order chi connectivity index (χ0) is 14.4. The zero-order valence-electron chi connectivity index (χ0n) is 12.1. The lowest BCUT2D eigenvalue weighted by Gasteiger charge is -2.17. The fourth-order valence-electron chi connectivity index (χ4n) is 2.13. The molecule has 2 N–H and O–H groups in total. The van der Waals surface area contributed by atoms with Gasteiger partial charge in [0.05, 0.1) is 0 Å². The molecule has 0 bridgehead atoms. The molecule has 0 fully saturated rings. The van der Waals surface area contributed by atoms with Gasteiger partial charge in [-0.3, -0.25) is 0 Å². The quantitative estimate of drug-likeness (QED) is 0.858. The van der Waals surface area contributed by atoms with Gasteiger partial charge in [0.2, 0.25) is 0 Å². The molecule has 1 aromatic carbocycles. The van der Waals surface area contributed by atoms with Crippen LogP contribution in [0, 0.1) is 6.92 Å². The van der Waals surface area contributed by atoms with Gasteiger partial charge in [-0.25, -0.2) is 4.98 Å². The monoisotopic (exact) mass is 277 g/mol. The Morgan fingerprint density at radius 3 is 2.37 bits per heavy atom. The maximum Gasteiger partial charge on any atom is 0.131 e. The van der Waals surface area contributed by atoms with Gasteiger partial charge in [0.15, 0.2) is 0 Å². The number of benzene rings is 1. The Labute approximate surface area is 119 Å². The second kappa shape index (κ2) is 4.57. The predicted octanol–water partition coefficient (Wildman–Crippen LogP) is 3.93. The van der Waals surface area contributed by atoms with E-state index in [4.69, 9.17) is 22.3 Å². The van der Waals surface area contributed by atoms with E-state index < -0.39 is 0 Å². The Morgan fingerprint density at radius 2 is 1.89 bits per heavy atom. The zero-order valence-corrected chi connectivity index (χ0v) is 12.8. The summed E-state index contributed by atoms with van der Waals surface area (Å²) in [6, 6.07) is 5.91. The standard InChI is InChI=1S/C15H20ClN3/c1-9-6-7-10(8-11(9)16)12-13(17)19(5)14(18-12)15(2,3)4/h6-8H,17H2,1-5H3. The molecule has 4 heteroatoms. The van der Waals surface area contributed by atoms with Gasteiger partial charge < -0.3 is 10.3 Å². The van der Waals surface area contributed by atoms with Crippen LogP contribution in [-0.2, 0) is 12.5 Å². The summed E-state index contributed by atoms with van der Waals surface area (Å²) < 4.78 is 1.95. The van der Waals surface area contributed by atoms with Crippen molar-refractivity contribution in [3.05, 3.63) is 34.6 Å². The summed E-state index contributed by atoms with van der Waals surface area (Å²) in [4.78, 5) is 4.70. The number of aryl methyl sites for hydroxylation is 1. The Hall–Kier alpha value is -1.48. The third-order valence-corrected chi connectivity index (χ3v) is 3.66. The first-order valence-electron chi connectivity index (χ1n) is 6.31. The fourth-order valence-corrected chi connectivity index (χ4v) is 2.32. The van der Waals surface area contributed by atoms with E-state index in [1.165, 1.54) is 0 Å². The number of rotatable bonds is 1. The van der Waals surface area contributed by atoms with Crippen LogP contribution >= 0.6 is 11.6 Å². The molecule has 0 aliphatic heterocycles. The third-order valence-electron chi connectivity index (χ3n) is 3.26. The van der Waals surface area contributed by atoms with Gasteiger partial charge in [-0.2, -0.15) is 0 Å². The first-order valence-corrected chi connectivity index (χ1v) is 6.69. The minimum absolute atomic E-state index is 0.0460. The molecular weight excluding hydrogens is 258 g/mol. The number of nitrogens with two attached hydrogens (primary N) is 1. The van der Waals surface area contributed by atoms with E-state index in [0.29, 0.717) is 5.82 Å². The van der Waals surface area contributed by atoms with Gasteiger partial charge in [-0.15, -0.1) is 0 Å². The average Bonchev–Trinajstić information content (AvgIpc) is 2.60. The van der Waals surface area contributed by atoms with E-state index in [1.54, 1.807) is 0 Å². The van der Waals surface area contributed by atoms with Crippen LogP contribution in [0.5, 0.6) is 0 Å². The molecule has 0 saturated carbocycles. The molecule has 2 rings (SSSR count). The number of nitrogens with zero attached hydrogens (tertiary/aromatic N) is 2. The molecule has 1 heterocycles.